The molecule has 0 aliphatic carbocycles. The maximum Gasteiger partial charge on any atom is 0.320 e. The number of aromatic nitrogens is 2. The van der Waals surface area contributed by atoms with Crippen molar-refractivity contribution in [2.24, 2.45) is 11.1 Å². The van der Waals surface area contributed by atoms with Gasteiger partial charge in [-0.3, -0.25) is 0 Å². The summed E-state index contributed by atoms with van der Waals surface area (Å²) in [6.45, 7) is 10.3. The number of benzene rings is 2. The van der Waals surface area contributed by atoms with Gasteiger partial charge in [0.2, 0.25) is 10.0 Å². The van der Waals surface area contributed by atoms with Crippen LogP contribution in [0.2, 0.25) is 0 Å². The van der Waals surface area contributed by atoms with Crippen LogP contribution in [0.5, 0.6) is 0 Å². The minimum Gasteiger partial charge on any atom is -0.328 e. The van der Waals surface area contributed by atoms with Crippen molar-refractivity contribution in [2.45, 2.75) is 58.6 Å². The fraction of sp³-hybridized carbons (Fsp3) is 0.500. The molecule has 0 radical (unpaired) electrons. The van der Waals surface area contributed by atoms with Gasteiger partial charge in [-0.2, -0.15) is 4.31 Å². The lowest BCUT2D eigenvalue weighted by Crippen LogP contribution is -2.57. The Morgan fingerprint density at radius 1 is 1.00 bits per heavy atom. The topological polar surface area (TPSA) is 105 Å². The van der Waals surface area contributed by atoms with E-state index in [-0.39, 0.29) is 45.3 Å². The van der Waals surface area contributed by atoms with Crippen LogP contribution in [0.3, 0.4) is 0 Å². The van der Waals surface area contributed by atoms with Crippen molar-refractivity contribution in [1.29, 1.82) is 0 Å². The lowest BCUT2D eigenvalue weighted by atomic mass is 9.84. The number of nitrogens with zero attached hydrogens (tertiary/aromatic N) is 5. The molecule has 9 nitrogen and oxygen atoms in total. The summed E-state index contributed by atoms with van der Waals surface area (Å²) in [6, 6.07) is 18.9. The van der Waals surface area contributed by atoms with Crippen molar-refractivity contribution < 1.29 is 17.6 Å². The van der Waals surface area contributed by atoms with E-state index >= 15 is 4.39 Å². The molecule has 0 spiro atoms. The van der Waals surface area contributed by atoms with Crippen LogP contribution in [-0.2, 0) is 16.6 Å². The fourth-order valence-corrected chi connectivity index (χ4v) is 6.76. The molecule has 11 heteroatoms. The SMILES string of the molecule is CC(C)S(=O)(=O)N1CCN(C(=O)N(CC(F)CN)C(c2nc(-c3ccccc3)cn2Cc2ccccc2)C(C)(C)C)CC1. The molecule has 1 aromatic heterocycles. The summed E-state index contributed by atoms with van der Waals surface area (Å²) in [5.74, 6) is 0.647. The van der Waals surface area contributed by atoms with Gasteiger partial charge in [-0.1, -0.05) is 81.4 Å². The van der Waals surface area contributed by atoms with Crippen molar-refractivity contribution >= 4 is 16.1 Å². The molecule has 2 aromatic carbocycles. The van der Waals surface area contributed by atoms with Gasteiger partial charge in [-0.15, -0.1) is 0 Å². The quantitative estimate of drug-likeness (QED) is 0.356. The molecule has 1 fully saturated rings. The summed E-state index contributed by atoms with van der Waals surface area (Å²) in [5, 5.41) is -0.546. The highest BCUT2D eigenvalue weighted by Crippen LogP contribution is 2.40. The second-order valence-electron chi connectivity index (χ2n) is 12.5. The third-order valence-corrected chi connectivity index (χ3v) is 10.1. The highest BCUT2D eigenvalue weighted by Gasteiger charge is 2.42. The number of carbonyl (C=O) groups is 1. The van der Waals surface area contributed by atoms with E-state index in [1.165, 1.54) is 4.31 Å². The Morgan fingerprint density at radius 3 is 2.12 bits per heavy atom. The smallest absolute Gasteiger partial charge is 0.320 e. The van der Waals surface area contributed by atoms with Crippen LogP contribution in [-0.4, -0.2) is 88.8 Å². The van der Waals surface area contributed by atoms with Gasteiger partial charge in [0.1, 0.15) is 12.0 Å². The van der Waals surface area contributed by atoms with E-state index in [1.54, 1.807) is 23.6 Å². The molecular weight excluding hydrogens is 567 g/mol. The summed E-state index contributed by atoms with van der Waals surface area (Å²) >= 11 is 0. The highest BCUT2D eigenvalue weighted by atomic mass is 32.2. The molecule has 1 aliphatic heterocycles. The zero-order valence-electron chi connectivity index (χ0n) is 25.9. The van der Waals surface area contributed by atoms with Crippen molar-refractivity contribution in [1.82, 2.24) is 23.7 Å². The third-order valence-electron chi connectivity index (χ3n) is 7.81. The first-order valence-electron chi connectivity index (χ1n) is 14.9. The molecule has 2 unspecified atom stereocenters. The molecule has 2 amide bonds. The minimum absolute atomic E-state index is 0.191. The lowest BCUT2D eigenvalue weighted by Gasteiger charge is -2.44. The van der Waals surface area contributed by atoms with Gasteiger partial charge in [-0.25, -0.2) is 22.6 Å². The van der Waals surface area contributed by atoms with Crippen LogP contribution < -0.4 is 5.73 Å². The molecule has 43 heavy (non-hydrogen) atoms. The zero-order chi connectivity index (χ0) is 31.4. The third kappa shape index (κ3) is 7.63. The summed E-state index contributed by atoms with van der Waals surface area (Å²) in [7, 11) is -3.44. The number of nitrogens with two attached hydrogens (primary N) is 1. The second-order valence-corrected chi connectivity index (χ2v) is 15.0. The van der Waals surface area contributed by atoms with Gasteiger partial charge in [0, 0.05) is 51.0 Å². The number of carbonyl (C=O) groups excluding carboxylic acids is 1. The Bertz CT molecular complexity index is 1450. The number of sulfonamides is 1. The van der Waals surface area contributed by atoms with Crippen LogP contribution in [0.15, 0.2) is 66.9 Å². The monoisotopic (exact) mass is 612 g/mol. The van der Waals surface area contributed by atoms with Crippen molar-refractivity contribution in [3.63, 3.8) is 0 Å². The number of piperazine rings is 1. The molecule has 234 valence electrons. The van der Waals surface area contributed by atoms with E-state index in [2.05, 4.69) is 4.57 Å². The molecule has 3 aromatic rings. The first-order valence-corrected chi connectivity index (χ1v) is 16.4. The van der Waals surface area contributed by atoms with Crippen LogP contribution in [0.25, 0.3) is 11.3 Å². The maximum absolute atomic E-state index is 15.1. The van der Waals surface area contributed by atoms with Gasteiger partial charge in [0.15, 0.2) is 0 Å². The molecule has 0 saturated carbocycles. The van der Waals surface area contributed by atoms with Gasteiger partial charge >= 0.3 is 6.03 Å². The molecule has 1 aliphatic rings. The Kier molecular flexibility index (Phi) is 10.3. The van der Waals surface area contributed by atoms with Crippen molar-refractivity contribution in [3.8, 4) is 11.3 Å². The Morgan fingerprint density at radius 2 is 1.58 bits per heavy atom. The summed E-state index contributed by atoms with van der Waals surface area (Å²) in [6.07, 6.45) is 0.548. The molecule has 2 atom stereocenters. The van der Waals surface area contributed by atoms with Gasteiger partial charge in [0.05, 0.1) is 23.5 Å². The number of hydrogen-bond donors (Lipinski definition) is 1. The van der Waals surface area contributed by atoms with Gasteiger partial charge in [0.25, 0.3) is 0 Å². The van der Waals surface area contributed by atoms with E-state index in [4.69, 9.17) is 10.7 Å². The molecule has 4 rings (SSSR count). The highest BCUT2D eigenvalue weighted by molar-refractivity contribution is 7.89. The molecule has 2 heterocycles. The van der Waals surface area contributed by atoms with Crippen LogP contribution in [0, 0.1) is 5.41 Å². The number of rotatable bonds is 10. The van der Waals surface area contributed by atoms with E-state index in [9.17, 15) is 13.2 Å². The maximum atomic E-state index is 15.1. The molecule has 0 bridgehead atoms. The minimum atomic E-state index is -3.44. The number of halogens is 1. The van der Waals surface area contributed by atoms with E-state index in [1.807, 2.05) is 87.6 Å². The van der Waals surface area contributed by atoms with Crippen LogP contribution in [0.1, 0.15) is 52.0 Å². The number of amides is 2. The van der Waals surface area contributed by atoms with Crippen LogP contribution >= 0.6 is 0 Å². The van der Waals surface area contributed by atoms with Gasteiger partial charge in [-0.05, 0) is 24.8 Å². The first kappa shape index (κ1) is 32.6. The van der Waals surface area contributed by atoms with Crippen molar-refractivity contribution in [2.75, 3.05) is 39.3 Å². The number of urea groups is 1. The van der Waals surface area contributed by atoms with E-state index < -0.39 is 32.9 Å². The standard InChI is InChI=1S/C32H45FN6O3S/c1-24(2)43(41,42)38-18-16-36(17-19-38)31(40)39(22-27(33)20-34)29(32(3,4)5)30-35-28(26-14-10-7-11-15-26)23-37(30)21-25-12-8-6-9-13-25/h6-15,23-24,27,29H,16-22,34H2,1-5H3. The Hall–Kier alpha value is -3.28. The van der Waals surface area contributed by atoms with Crippen molar-refractivity contribution in [3.05, 3.63) is 78.2 Å². The normalized spacial score (nSPS) is 16.3. The molecule has 2 N–H and O–H groups in total. The second kappa shape index (κ2) is 13.6. The van der Waals surface area contributed by atoms with E-state index in [0.717, 1.165) is 16.8 Å². The summed E-state index contributed by atoms with van der Waals surface area (Å²) in [5.41, 5.74) is 7.96. The van der Waals surface area contributed by atoms with Gasteiger partial charge < -0.3 is 20.1 Å². The Balaban J connectivity index is 1.76. The van der Waals surface area contributed by atoms with E-state index in [0.29, 0.717) is 12.4 Å². The summed E-state index contributed by atoms with van der Waals surface area (Å²) < 4.78 is 44.1. The molecular formula is C32H45FN6O3S. The number of imidazole rings is 1. The average molecular weight is 613 g/mol. The average Bonchev–Trinajstić information content (AvgIpc) is 3.39. The zero-order valence-corrected chi connectivity index (χ0v) is 26.7. The number of alkyl halides is 1. The predicted molar refractivity (Wildman–Crippen MR) is 169 cm³/mol. The summed E-state index contributed by atoms with van der Waals surface area (Å²) in [4.78, 5) is 22.6. The fourth-order valence-electron chi connectivity index (χ4n) is 5.49. The first-order chi connectivity index (χ1) is 20.3. The predicted octanol–water partition coefficient (Wildman–Crippen LogP) is 4.76. The van der Waals surface area contributed by atoms with Crippen LogP contribution in [0.4, 0.5) is 9.18 Å². The number of hydrogen-bond acceptors (Lipinski definition) is 5. The largest absolute Gasteiger partial charge is 0.328 e. The Labute approximate surface area is 255 Å². The lowest BCUT2D eigenvalue weighted by molar-refractivity contribution is 0.0615. The molecule has 1 saturated heterocycles.